The number of hydrogen-bond donors (Lipinski definition) is 0. The number of halogens is 5. The van der Waals surface area contributed by atoms with Crippen molar-refractivity contribution in [3.63, 3.8) is 0 Å². The second kappa shape index (κ2) is 7.59. The molecule has 0 aliphatic carbocycles. The van der Waals surface area contributed by atoms with E-state index in [9.17, 15) is 18.0 Å². The van der Waals surface area contributed by atoms with E-state index in [0.717, 1.165) is 4.68 Å². The number of amides is 1. The molecule has 1 atom stereocenters. The molecular formula is C15H18BrClF3N5O. The minimum absolute atomic E-state index is 0.141. The van der Waals surface area contributed by atoms with Gasteiger partial charge in [0.15, 0.2) is 5.69 Å². The van der Waals surface area contributed by atoms with Crippen molar-refractivity contribution in [3.8, 4) is 0 Å². The van der Waals surface area contributed by atoms with Gasteiger partial charge in [-0.1, -0.05) is 11.6 Å². The predicted molar refractivity (Wildman–Crippen MR) is 93.8 cm³/mol. The van der Waals surface area contributed by atoms with E-state index in [1.165, 1.54) is 18.7 Å². The summed E-state index contributed by atoms with van der Waals surface area (Å²) in [6, 6.07) is -0.917. The van der Waals surface area contributed by atoms with Crippen LogP contribution in [0.25, 0.3) is 0 Å². The van der Waals surface area contributed by atoms with Gasteiger partial charge in [0, 0.05) is 19.8 Å². The number of carbonyl (C=O) groups is 1. The maximum Gasteiger partial charge on any atom is 0.436 e. The zero-order valence-electron chi connectivity index (χ0n) is 14.6. The van der Waals surface area contributed by atoms with Crippen LogP contribution >= 0.6 is 27.5 Å². The van der Waals surface area contributed by atoms with E-state index in [4.69, 9.17) is 11.6 Å². The number of aryl methyl sites for hydroxylation is 1. The molecule has 144 valence electrons. The lowest BCUT2D eigenvalue weighted by molar-refractivity contribution is -0.143. The summed E-state index contributed by atoms with van der Waals surface area (Å²) in [4.78, 5) is 14.0. The summed E-state index contributed by atoms with van der Waals surface area (Å²) in [7, 11) is 1.54. The Labute approximate surface area is 162 Å². The Balaban J connectivity index is 2.22. The number of aromatic nitrogens is 4. The standard InChI is InChI=1S/C15H18BrClF3N5O/c1-5-24-6-10(17)11(21-24)7-23(4)14(26)9(3)25-8(2)12(16)13(22-25)15(18,19)20/h6,9H,5,7H2,1-4H3. The van der Waals surface area contributed by atoms with Gasteiger partial charge in [0.2, 0.25) is 5.91 Å². The fourth-order valence-electron chi connectivity index (χ4n) is 2.49. The summed E-state index contributed by atoms with van der Waals surface area (Å²) >= 11 is 9.01. The monoisotopic (exact) mass is 455 g/mol. The molecule has 0 saturated heterocycles. The van der Waals surface area contributed by atoms with E-state index < -0.39 is 23.8 Å². The van der Waals surface area contributed by atoms with Crippen molar-refractivity contribution in [2.75, 3.05) is 7.05 Å². The molecule has 0 aliphatic heterocycles. The van der Waals surface area contributed by atoms with Crippen molar-refractivity contribution in [2.45, 2.75) is 46.1 Å². The number of nitrogens with zero attached hydrogens (tertiary/aromatic N) is 5. The summed E-state index contributed by atoms with van der Waals surface area (Å²) in [6.45, 7) is 5.64. The second-order valence-electron chi connectivity index (χ2n) is 5.84. The van der Waals surface area contributed by atoms with Crippen molar-refractivity contribution >= 4 is 33.4 Å². The largest absolute Gasteiger partial charge is 0.436 e. The van der Waals surface area contributed by atoms with Crippen LogP contribution in [0.2, 0.25) is 5.02 Å². The first-order valence-electron chi connectivity index (χ1n) is 7.75. The zero-order chi connectivity index (χ0) is 19.8. The van der Waals surface area contributed by atoms with Crippen molar-refractivity contribution in [2.24, 2.45) is 0 Å². The Morgan fingerprint density at radius 2 is 2.04 bits per heavy atom. The van der Waals surface area contributed by atoms with Crippen LogP contribution in [0.15, 0.2) is 10.7 Å². The molecule has 26 heavy (non-hydrogen) atoms. The fraction of sp³-hybridized carbons (Fsp3) is 0.533. The molecule has 0 spiro atoms. The summed E-state index contributed by atoms with van der Waals surface area (Å²) in [5.74, 6) is -0.404. The molecule has 0 N–H and O–H groups in total. The van der Waals surface area contributed by atoms with Crippen molar-refractivity contribution < 1.29 is 18.0 Å². The Morgan fingerprint density at radius 3 is 2.50 bits per heavy atom. The minimum Gasteiger partial charge on any atom is -0.338 e. The third-order valence-corrected chi connectivity index (χ3v) is 5.21. The first-order chi connectivity index (χ1) is 12.0. The molecule has 0 aromatic carbocycles. The molecule has 6 nitrogen and oxygen atoms in total. The van der Waals surface area contributed by atoms with E-state index >= 15 is 0 Å². The smallest absolute Gasteiger partial charge is 0.338 e. The molecule has 0 aliphatic rings. The maximum absolute atomic E-state index is 13.0. The topological polar surface area (TPSA) is 56.0 Å². The quantitative estimate of drug-likeness (QED) is 0.682. The SMILES string of the molecule is CCn1cc(Cl)c(CN(C)C(=O)C(C)n2nc(C(F)(F)F)c(Br)c2C)n1. The van der Waals surface area contributed by atoms with Crippen LogP contribution in [0, 0.1) is 6.92 Å². The molecule has 0 fully saturated rings. The van der Waals surface area contributed by atoms with Crippen molar-refractivity contribution in [3.05, 3.63) is 32.8 Å². The molecule has 1 amide bonds. The van der Waals surface area contributed by atoms with Gasteiger partial charge in [-0.05, 0) is 36.7 Å². The molecule has 0 radical (unpaired) electrons. The summed E-state index contributed by atoms with van der Waals surface area (Å²) in [5, 5.41) is 8.27. The Morgan fingerprint density at radius 1 is 1.42 bits per heavy atom. The van der Waals surface area contributed by atoms with Crippen LogP contribution < -0.4 is 0 Å². The molecular weight excluding hydrogens is 439 g/mol. The average Bonchev–Trinajstić information content (AvgIpc) is 3.06. The number of likely N-dealkylation sites (N-methyl/N-ethyl adjacent to an activating group) is 1. The van der Waals surface area contributed by atoms with E-state index in [-0.39, 0.29) is 16.7 Å². The van der Waals surface area contributed by atoms with Gasteiger partial charge in [0.1, 0.15) is 11.7 Å². The van der Waals surface area contributed by atoms with E-state index in [2.05, 4.69) is 26.1 Å². The van der Waals surface area contributed by atoms with Gasteiger partial charge in [-0.3, -0.25) is 14.2 Å². The number of rotatable bonds is 5. The molecule has 0 saturated carbocycles. The maximum atomic E-state index is 13.0. The van der Waals surface area contributed by atoms with E-state index in [1.807, 2.05) is 6.92 Å². The minimum atomic E-state index is -4.61. The molecule has 2 rings (SSSR count). The second-order valence-corrected chi connectivity index (χ2v) is 7.04. The van der Waals surface area contributed by atoms with E-state index in [1.54, 1.807) is 17.9 Å². The summed E-state index contributed by atoms with van der Waals surface area (Å²) < 4.78 is 41.6. The number of carbonyl (C=O) groups excluding carboxylic acids is 1. The Kier molecular flexibility index (Phi) is 6.06. The average molecular weight is 457 g/mol. The van der Waals surface area contributed by atoms with Crippen LogP contribution in [0.1, 0.15) is 37.0 Å². The fourth-order valence-corrected chi connectivity index (χ4v) is 3.19. The van der Waals surface area contributed by atoms with Gasteiger partial charge in [-0.25, -0.2) is 0 Å². The molecule has 0 bridgehead atoms. The van der Waals surface area contributed by atoms with Gasteiger partial charge in [-0.15, -0.1) is 0 Å². The summed E-state index contributed by atoms with van der Waals surface area (Å²) in [5.41, 5.74) is -0.312. The third kappa shape index (κ3) is 4.06. The van der Waals surface area contributed by atoms with Crippen LogP contribution in [-0.4, -0.2) is 37.4 Å². The molecule has 2 heterocycles. The van der Waals surface area contributed by atoms with Crippen LogP contribution in [0.5, 0.6) is 0 Å². The lowest BCUT2D eigenvalue weighted by atomic mass is 10.2. The van der Waals surface area contributed by atoms with Crippen molar-refractivity contribution in [1.29, 1.82) is 0 Å². The number of alkyl halides is 3. The molecule has 11 heteroatoms. The van der Waals surface area contributed by atoms with E-state index in [0.29, 0.717) is 17.3 Å². The third-order valence-electron chi connectivity index (χ3n) is 3.94. The normalized spacial score (nSPS) is 13.1. The van der Waals surface area contributed by atoms with Gasteiger partial charge < -0.3 is 4.90 Å². The van der Waals surface area contributed by atoms with Gasteiger partial charge >= 0.3 is 6.18 Å². The Hall–Kier alpha value is -1.55. The Bertz CT molecular complexity index is 817. The predicted octanol–water partition coefficient (Wildman–Crippen LogP) is 4.06. The van der Waals surface area contributed by atoms with Crippen LogP contribution in [-0.2, 0) is 24.1 Å². The highest BCUT2D eigenvalue weighted by Gasteiger charge is 2.39. The highest BCUT2D eigenvalue weighted by atomic mass is 79.9. The van der Waals surface area contributed by atoms with Gasteiger partial charge in [-0.2, -0.15) is 23.4 Å². The van der Waals surface area contributed by atoms with Crippen LogP contribution in [0.3, 0.4) is 0 Å². The van der Waals surface area contributed by atoms with Crippen LogP contribution in [0.4, 0.5) is 13.2 Å². The first-order valence-corrected chi connectivity index (χ1v) is 8.93. The zero-order valence-corrected chi connectivity index (χ0v) is 16.9. The first kappa shape index (κ1) is 20.8. The molecule has 1 unspecified atom stereocenters. The molecule has 2 aromatic rings. The summed E-state index contributed by atoms with van der Waals surface area (Å²) in [6.07, 6.45) is -2.95. The lowest BCUT2D eigenvalue weighted by Crippen LogP contribution is -2.34. The molecule has 2 aromatic heterocycles. The van der Waals surface area contributed by atoms with Gasteiger partial charge in [0.05, 0.1) is 21.7 Å². The van der Waals surface area contributed by atoms with Gasteiger partial charge in [0.25, 0.3) is 0 Å². The highest BCUT2D eigenvalue weighted by Crippen LogP contribution is 2.36. The lowest BCUT2D eigenvalue weighted by Gasteiger charge is -2.22. The van der Waals surface area contributed by atoms with Crippen molar-refractivity contribution in [1.82, 2.24) is 24.5 Å². The number of hydrogen-bond acceptors (Lipinski definition) is 3. The highest BCUT2D eigenvalue weighted by molar-refractivity contribution is 9.10.